The Morgan fingerprint density at radius 3 is 2.53 bits per heavy atom. The SMILES string of the molecule is O=C(O)c1c(-n2c(=O)[nH]c3cscc3c2=O)c2cc(C(F)(F)F)ccc2n1Cc1ccc(Cl)s1. The highest BCUT2D eigenvalue weighted by atomic mass is 35.5. The number of nitrogens with zero attached hydrogens (tertiary/aromatic N) is 2. The molecule has 0 bridgehead atoms. The molecule has 4 aromatic heterocycles. The van der Waals surface area contributed by atoms with E-state index in [-0.39, 0.29) is 28.4 Å². The summed E-state index contributed by atoms with van der Waals surface area (Å²) < 4.78 is 42.8. The zero-order valence-electron chi connectivity index (χ0n) is 16.6. The number of hydrogen-bond acceptors (Lipinski definition) is 5. The number of rotatable bonds is 4. The van der Waals surface area contributed by atoms with Gasteiger partial charge >= 0.3 is 17.8 Å². The molecule has 0 aliphatic heterocycles. The van der Waals surface area contributed by atoms with Crippen molar-refractivity contribution in [2.45, 2.75) is 12.7 Å². The Hall–Kier alpha value is -3.35. The van der Waals surface area contributed by atoms with E-state index in [1.54, 1.807) is 12.1 Å². The molecule has 13 heteroatoms. The number of aromatic amines is 1. The lowest BCUT2D eigenvalue weighted by molar-refractivity contribution is -0.137. The minimum absolute atomic E-state index is 0.0474. The van der Waals surface area contributed by atoms with Gasteiger partial charge < -0.3 is 14.7 Å². The van der Waals surface area contributed by atoms with Crippen molar-refractivity contribution >= 4 is 62.0 Å². The number of aromatic nitrogens is 3. The smallest absolute Gasteiger partial charge is 0.416 e. The first-order chi connectivity index (χ1) is 16.1. The van der Waals surface area contributed by atoms with Gasteiger partial charge in [-0.05, 0) is 30.3 Å². The Bertz CT molecular complexity index is 1730. The van der Waals surface area contributed by atoms with Gasteiger partial charge in [0, 0.05) is 21.0 Å². The van der Waals surface area contributed by atoms with Crippen LogP contribution in [0.5, 0.6) is 0 Å². The van der Waals surface area contributed by atoms with E-state index in [0.29, 0.717) is 13.8 Å². The molecule has 0 radical (unpaired) electrons. The van der Waals surface area contributed by atoms with E-state index in [0.717, 1.165) is 29.5 Å². The van der Waals surface area contributed by atoms with Gasteiger partial charge in [0.1, 0.15) is 0 Å². The van der Waals surface area contributed by atoms with Crippen LogP contribution in [0.4, 0.5) is 13.2 Å². The summed E-state index contributed by atoms with van der Waals surface area (Å²) in [6, 6.07) is 5.97. The number of nitrogens with one attached hydrogen (secondary N) is 1. The highest BCUT2D eigenvalue weighted by Crippen LogP contribution is 2.36. The van der Waals surface area contributed by atoms with Crippen LogP contribution in [-0.2, 0) is 12.7 Å². The Labute approximate surface area is 199 Å². The molecule has 1 aromatic carbocycles. The van der Waals surface area contributed by atoms with Crippen LogP contribution in [0, 0.1) is 0 Å². The number of H-pyrrole nitrogens is 1. The van der Waals surface area contributed by atoms with Gasteiger partial charge in [-0.25, -0.2) is 14.2 Å². The molecule has 0 spiro atoms. The third-order valence-electron chi connectivity index (χ3n) is 5.27. The fraction of sp³-hybridized carbons (Fsp3) is 0.0952. The first-order valence-electron chi connectivity index (χ1n) is 9.49. The molecule has 0 saturated carbocycles. The molecule has 0 amide bonds. The summed E-state index contributed by atoms with van der Waals surface area (Å²) in [6.07, 6.45) is -4.73. The van der Waals surface area contributed by atoms with Gasteiger partial charge in [-0.15, -0.1) is 22.7 Å². The van der Waals surface area contributed by atoms with Crippen molar-refractivity contribution in [1.29, 1.82) is 0 Å². The van der Waals surface area contributed by atoms with Crippen LogP contribution in [0.1, 0.15) is 20.9 Å². The van der Waals surface area contributed by atoms with Gasteiger partial charge in [-0.1, -0.05) is 11.6 Å². The summed E-state index contributed by atoms with van der Waals surface area (Å²) >= 11 is 8.30. The van der Waals surface area contributed by atoms with Crippen LogP contribution in [0.3, 0.4) is 0 Å². The lowest BCUT2D eigenvalue weighted by atomic mass is 10.1. The molecule has 0 aliphatic rings. The minimum Gasteiger partial charge on any atom is -0.477 e. The van der Waals surface area contributed by atoms with Crippen LogP contribution in [0.2, 0.25) is 4.34 Å². The maximum absolute atomic E-state index is 13.5. The van der Waals surface area contributed by atoms with Crippen molar-refractivity contribution < 1.29 is 23.1 Å². The van der Waals surface area contributed by atoms with Crippen LogP contribution in [0.15, 0.2) is 50.7 Å². The average Bonchev–Trinajstić information content (AvgIpc) is 3.46. The molecule has 0 aliphatic carbocycles. The number of carboxylic acids is 1. The molecule has 0 unspecified atom stereocenters. The molecule has 0 atom stereocenters. The number of hydrogen-bond donors (Lipinski definition) is 2. The van der Waals surface area contributed by atoms with E-state index in [1.165, 1.54) is 26.7 Å². The molecule has 5 rings (SSSR count). The van der Waals surface area contributed by atoms with Gasteiger partial charge in [0.05, 0.1) is 38.6 Å². The summed E-state index contributed by atoms with van der Waals surface area (Å²) in [5, 5.41) is 13.0. The molecule has 7 nitrogen and oxygen atoms in total. The van der Waals surface area contributed by atoms with Crippen molar-refractivity contribution in [1.82, 2.24) is 14.1 Å². The normalized spacial score (nSPS) is 12.1. The number of carbonyl (C=O) groups is 1. The lowest BCUT2D eigenvalue weighted by Gasteiger charge is -2.09. The predicted octanol–water partition coefficient (Wildman–Crippen LogP) is 5.18. The van der Waals surface area contributed by atoms with Crippen molar-refractivity contribution in [2.75, 3.05) is 0 Å². The van der Waals surface area contributed by atoms with E-state index < -0.39 is 40.3 Å². The summed E-state index contributed by atoms with van der Waals surface area (Å²) in [4.78, 5) is 41.6. The largest absolute Gasteiger partial charge is 0.477 e. The Morgan fingerprint density at radius 1 is 1.12 bits per heavy atom. The van der Waals surface area contributed by atoms with E-state index >= 15 is 0 Å². The number of carboxylic acid groups (broad SMARTS) is 1. The zero-order chi connectivity index (χ0) is 24.4. The Morgan fingerprint density at radius 2 is 1.88 bits per heavy atom. The third-order valence-corrected chi connectivity index (χ3v) is 7.23. The Kier molecular flexibility index (Phi) is 5.19. The van der Waals surface area contributed by atoms with Crippen molar-refractivity contribution in [3.63, 3.8) is 0 Å². The standard InChI is InChI=1S/C21H11ClF3N3O4S2/c22-15-4-2-10(34-15)6-27-14-3-1-9(21(23,24)25)5-11(14)16(17(27)19(30)31)28-18(29)12-7-33-8-13(12)26-20(28)32/h1-5,7-8H,6H2,(H,26,32)(H,30,31). The monoisotopic (exact) mass is 525 g/mol. The van der Waals surface area contributed by atoms with E-state index in [2.05, 4.69) is 4.98 Å². The topological polar surface area (TPSA) is 97.1 Å². The minimum atomic E-state index is -4.73. The van der Waals surface area contributed by atoms with E-state index in [9.17, 15) is 32.7 Å². The number of fused-ring (bicyclic) bond motifs is 2. The average molecular weight is 526 g/mol. The second-order valence-electron chi connectivity index (χ2n) is 7.29. The van der Waals surface area contributed by atoms with Crippen LogP contribution >= 0.6 is 34.3 Å². The summed E-state index contributed by atoms with van der Waals surface area (Å²) in [5.74, 6) is -1.51. The number of benzene rings is 1. The highest BCUT2D eigenvalue weighted by molar-refractivity contribution is 7.16. The first kappa shape index (κ1) is 22.4. The van der Waals surface area contributed by atoms with Crippen molar-refractivity contribution in [3.05, 3.63) is 82.4 Å². The van der Waals surface area contributed by atoms with Crippen LogP contribution in [0.25, 0.3) is 27.5 Å². The summed E-state index contributed by atoms with van der Waals surface area (Å²) in [6.45, 7) is -0.0474. The molecular formula is C21H11ClF3N3O4S2. The quantitative estimate of drug-likeness (QED) is 0.338. The van der Waals surface area contributed by atoms with E-state index in [1.807, 2.05) is 0 Å². The number of thiophene rings is 2. The molecular weight excluding hydrogens is 515 g/mol. The fourth-order valence-corrected chi connectivity index (χ4v) is 5.69. The summed E-state index contributed by atoms with van der Waals surface area (Å²) in [5.41, 5.74) is -3.41. The fourth-order valence-electron chi connectivity index (χ4n) is 3.86. The maximum atomic E-state index is 13.5. The van der Waals surface area contributed by atoms with Crippen LogP contribution in [-0.4, -0.2) is 25.2 Å². The van der Waals surface area contributed by atoms with Crippen molar-refractivity contribution in [3.8, 4) is 5.69 Å². The molecule has 0 fully saturated rings. The van der Waals surface area contributed by atoms with Gasteiger partial charge in [0.15, 0.2) is 5.69 Å². The first-order valence-corrected chi connectivity index (χ1v) is 11.6. The second-order valence-corrected chi connectivity index (χ2v) is 9.84. The number of alkyl halides is 3. The third kappa shape index (κ3) is 3.54. The van der Waals surface area contributed by atoms with Gasteiger partial charge in [-0.2, -0.15) is 13.2 Å². The molecule has 2 N–H and O–H groups in total. The van der Waals surface area contributed by atoms with Gasteiger partial charge in [-0.3, -0.25) is 4.79 Å². The highest BCUT2D eigenvalue weighted by Gasteiger charge is 2.33. The van der Waals surface area contributed by atoms with Gasteiger partial charge in [0.2, 0.25) is 0 Å². The Balaban J connectivity index is 1.93. The summed E-state index contributed by atoms with van der Waals surface area (Å²) in [7, 11) is 0. The number of aromatic carboxylic acids is 1. The zero-order valence-corrected chi connectivity index (χ0v) is 19.0. The predicted molar refractivity (Wildman–Crippen MR) is 124 cm³/mol. The van der Waals surface area contributed by atoms with Crippen molar-refractivity contribution in [2.24, 2.45) is 0 Å². The molecule has 34 heavy (non-hydrogen) atoms. The number of halogens is 4. The molecule has 5 aromatic rings. The lowest BCUT2D eigenvalue weighted by Crippen LogP contribution is -2.34. The second kappa shape index (κ2) is 7.86. The van der Waals surface area contributed by atoms with Gasteiger partial charge in [0.25, 0.3) is 5.56 Å². The molecule has 4 heterocycles. The molecule has 174 valence electrons. The van der Waals surface area contributed by atoms with E-state index in [4.69, 9.17) is 11.6 Å². The maximum Gasteiger partial charge on any atom is 0.416 e. The molecule has 0 saturated heterocycles. The van der Waals surface area contributed by atoms with Crippen LogP contribution < -0.4 is 11.2 Å².